The number of carbonyl (C=O) groups excluding carboxylic acids is 2. The fourth-order valence-corrected chi connectivity index (χ4v) is 6.22. The van der Waals surface area contributed by atoms with Gasteiger partial charge in [0.15, 0.2) is 0 Å². The maximum atomic E-state index is 13.1. The van der Waals surface area contributed by atoms with E-state index in [0.717, 1.165) is 43.3 Å². The number of benzene rings is 1. The number of hydrogen-bond acceptors (Lipinski definition) is 5. The van der Waals surface area contributed by atoms with Crippen LogP contribution in [0, 0.1) is 5.41 Å². The van der Waals surface area contributed by atoms with Crippen molar-refractivity contribution in [3.63, 3.8) is 0 Å². The van der Waals surface area contributed by atoms with Crippen molar-refractivity contribution in [3.05, 3.63) is 34.2 Å². The smallest absolute Gasteiger partial charge is 0.329 e. The van der Waals surface area contributed by atoms with Gasteiger partial charge < -0.3 is 19.9 Å². The highest BCUT2D eigenvalue weighted by molar-refractivity contribution is 5.79. The van der Waals surface area contributed by atoms with E-state index in [-0.39, 0.29) is 18.0 Å². The van der Waals surface area contributed by atoms with Gasteiger partial charge in [-0.05, 0) is 100 Å². The minimum absolute atomic E-state index is 0.134. The van der Waals surface area contributed by atoms with Gasteiger partial charge in [0.1, 0.15) is 6.29 Å². The van der Waals surface area contributed by atoms with E-state index in [2.05, 4.69) is 48.0 Å². The number of rotatable bonds is 9. The molecule has 0 radical (unpaired) electrons. The van der Waals surface area contributed by atoms with Gasteiger partial charge in [0.2, 0.25) is 5.91 Å². The SMILES string of the molecule is CNC(=O)CCC(C=O)n1c(=O)n(C)c2cc(C3CCN(C4CCN(CCC(C)(C)C)CC4)CC3)ccc21. The van der Waals surface area contributed by atoms with Crippen LogP contribution in [-0.4, -0.2) is 76.9 Å². The molecule has 38 heavy (non-hydrogen) atoms. The number of piperidine rings is 2. The van der Waals surface area contributed by atoms with Gasteiger partial charge in [-0.3, -0.25) is 13.9 Å². The molecule has 2 fully saturated rings. The first-order valence-electron chi connectivity index (χ1n) is 14.4. The fraction of sp³-hybridized carbons (Fsp3) is 0.700. The van der Waals surface area contributed by atoms with Crippen molar-refractivity contribution in [3.8, 4) is 0 Å². The Labute approximate surface area is 227 Å². The average molecular weight is 526 g/mol. The minimum Gasteiger partial charge on any atom is -0.359 e. The number of aromatic nitrogens is 2. The highest BCUT2D eigenvalue weighted by atomic mass is 16.2. The van der Waals surface area contributed by atoms with E-state index in [4.69, 9.17) is 0 Å². The third kappa shape index (κ3) is 6.57. The number of likely N-dealkylation sites (tertiary alicyclic amines) is 2. The number of aldehydes is 1. The lowest BCUT2D eigenvalue weighted by molar-refractivity contribution is -0.121. The number of aryl methyl sites for hydroxylation is 1. The Morgan fingerprint density at radius 3 is 2.37 bits per heavy atom. The second-order valence-corrected chi connectivity index (χ2v) is 12.6. The zero-order valence-electron chi connectivity index (χ0n) is 24.0. The van der Waals surface area contributed by atoms with Crippen molar-refractivity contribution >= 4 is 23.2 Å². The van der Waals surface area contributed by atoms with Gasteiger partial charge in [-0.1, -0.05) is 26.8 Å². The van der Waals surface area contributed by atoms with E-state index < -0.39 is 6.04 Å². The van der Waals surface area contributed by atoms with E-state index in [0.29, 0.717) is 23.8 Å². The van der Waals surface area contributed by atoms with Crippen LogP contribution < -0.4 is 11.0 Å². The third-order valence-corrected chi connectivity index (χ3v) is 8.80. The van der Waals surface area contributed by atoms with Gasteiger partial charge in [-0.2, -0.15) is 0 Å². The number of nitrogens with zero attached hydrogens (tertiary/aromatic N) is 4. The molecule has 2 saturated heterocycles. The van der Waals surface area contributed by atoms with Crippen molar-refractivity contribution in [1.82, 2.24) is 24.3 Å². The summed E-state index contributed by atoms with van der Waals surface area (Å²) >= 11 is 0. The van der Waals surface area contributed by atoms with Crippen LogP contribution in [0.4, 0.5) is 0 Å². The Balaban J connectivity index is 1.37. The molecule has 2 aliphatic rings. The lowest BCUT2D eigenvalue weighted by atomic mass is 9.87. The zero-order chi connectivity index (χ0) is 27.4. The Morgan fingerprint density at radius 1 is 1.08 bits per heavy atom. The Kier molecular flexibility index (Phi) is 9.14. The maximum Gasteiger partial charge on any atom is 0.329 e. The monoisotopic (exact) mass is 525 g/mol. The summed E-state index contributed by atoms with van der Waals surface area (Å²) in [5, 5.41) is 2.58. The first-order chi connectivity index (χ1) is 18.1. The van der Waals surface area contributed by atoms with E-state index in [1.165, 1.54) is 44.5 Å². The highest BCUT2D eigenvalue weighted by Gasteiger charge is 2.29. The van der Waals surface area contributed by atoms with Crippen LogP contribution >= 0.6 is 0 Å². The molecule has 1 atom stereocenters. The molecule has 1 N–H and O–H groups in total. The summed E-state index contributed by atoms with van der Waals surface area (Å²) in [6, 6.07) is 6.31. The number of amides is 1. The Hall–Kier alpha value is -2.45. The number of nitrogens with one attached hydrogen (secondary N) is 1. The summed E-state index contributed by atoms with van der Waals surface area (Å²) in [5.41, 5.74) is 3.07. The summed E-state index contributed by atoms with van der Waals surface area (Å²) in [6.07, 6.45) is 7.35. The number of imidazole rings is 1. The summed E-state index contributed by atoms with van der Waals surface area (Å²) in [4.78, 5) is 42.0. The first kappa shape index (κ1) is 28.6. The number of fused-ring (bicyclic) bond motifs is 1. The molecule has 0 aliphatic carbocycles. The van der Waals surface area contributed by atoms with Crippen molar-refractivity contribution in [2.75, 3.05) is 39.8 Å². The molecule has 1 aromatic heterocycles. The third-order valence-electron chi connectivity index (χ3n) is 8.80. The average Bonchev–Trinajstić information content (AvgIpc) is 3.17. The van der Waals surface area contributed by atoms with Gasteiger partial charge in [0, 0.05) is 26.6 Å². The van der Waals surface area contributed by atoms with Crippen LogP contribution in [0.1, 0.15) is 83.2 Å². The van der Waals surface area contributed by atoms with Gasteiger partial charge in [-0.15, -0.1) is 0 Å². The molecular weight excluding hydrogens is 478 g/mol. The molecule has 3 heterocycles. The predicted octanol–water partition coefficient (Wildman–Crippen LogP) is 3.69. The Bertz CT molecular complexity index is 1160. The van der Waals surface area contributed by atoms with Crippen LogP contribution in [-0.2, 0) is 16.6 Å². The molecule has 0 spiro atoms. The molecule has 0 saturated carbocycles. The molecular formula is C30H47N5O3. The molecule has 2 aromatic rings. The van der Waals surface area contributed by atoms with Gasteiger partial charge in [0.05, 0.1) is 17.1 Å². The Morgan fingerprint density at radius 2 is 1.76 bits per heavy atom. The molecule has 4 rings (SSSR count). The normalized spacial score (nSPS) is 19.6. The highest BCUT2D eigenvalue weighted by Crippen LogP contribution is 2.33. The summed E-state index contributed by atoms with van der Waals surface area (Å²) in [6.45, 7) is 12.9. The van der Waals surface area contributed by atoms with E-state index in [9.17, 15) is 14.4 Å². The molecule has 1 aromatic carbocycles. The predicted molar refractivity (Wildman–Crippen MR) is 153 cm³/mol. The molecule has 1 unspecified atom stereocenters. The van der Waals surface area contributed by atoms with Crippen molar-refractivity contribution in [2.24, 2.45) is 12.5 Å². The topological polar surface area (TPSA) is 79.6 Å². The summed E-state index contributed by atoms with van der Waals surface area (Å²) < 4.78 is 3.18. The zero-order valence-corrected chi connectivity index (χ0v) is 24.0. The first-order valence-corrected chi connectivity index (χ1v) is 14.4. The van der Waals surface area contributed by atoms with Gasteiger partial charge in [0.25, 0.3) is 0 Å². The van der Waals surface area contributed by atoms with Crippen molar-refractivity contribution in [2.45, 2.75) is 83.7 Å². The summed E-state index contributed by atoms with van der Waals surface area (Å²) in [5.74, 6) is 0.348. The molecule has 210 valence electrons. The molecule has 1 amide bonds. The van der Waals surface area contributed by atoms with E-state index in [1.807, 2.05) is 6.07 Å². The van der Waals surface area contributed by atoms with Gasteiger partial charge >= 0.3 is 5.69 Å². The molecule has 8 heteroatoms. The summed E-state index contributed by atoms with van der Waals surface area (Å²) in [7, 11) is 3.34. The molecule has 8 nitrogen and oxygen atoms in total. The molecule has 0 bridgehead atoms. The van der Waals surface area contributed by atoms with Crippen LogP contribution in [0.5, 0.6) is 0 Å². The second kappa shape index (κ2) is 12.2. The van der Waals surface area contributed by atoms with Crippen LogP contribution in [0.15, 0.2) is 23.0 Å². The standard InChI is InChI=1S/C30H47N5O3/c1-30(2,3)14-19-33-15-12-24(13-16-33)34-17-10-22(11-18-34)23-6-8-26-27(20-23)32(5)29(38)35(26)25(21-36)7-9-28(37)31-4/h6,8,20-22,24-25H,7,9-19H2,1-5H3,(H,31,37). The number of carbonyl (C=O) groups is 2. The fourth-order valence-electron chi connectivity index (χ4n) is 6.22. The number of hydrogen-bond donors (Lipinski definition) is 1. The van der Waals surface area contributed by atoms with E-state index in [1.54, 1.807) is 23.2 Å². The minimum atomic E-state index is -0.655. The lowest BCUT2D eigenvalue weighted by Crippen LogP contribution is -2.47. The van der Waals surface area contributed by atoms with E-state index >= 15 is 0 Å². The maximum absolute atomic E-state index is 13.1. The van der Waals surface area contributed by atoms with Crippen molar-refractivity contribution < 1.29 is 9.59 Å². The van der Waals surface area contributed by atoms with Crippen LogP contribution in [0.25, 0.3) is 11.0 Å². The van der Waals surface area contributed by atoms with Crippen LogP contribution in [0.2, 0.25) is 0 Å². The van der Waals surface area contributed by atoms with Crippen molar-refractivity contribution in [1.29, 1.82) is 0 Å². The quantitative estimate of drug-likeness (QED) is 0.505. The second-order valence-electron chi connectivity index (χ2n) is 12.6. The largest absolute Gasteiger partial charge is 0.359 e. The molecule has 2 aliphatic heterocycles. The lowest BCUT2D eigenvalue weighted by Gasteiger charge is -2.42. The van der Waals surface area contributed by atoms with Crippen LogP contribution in [0.3, 0.4) is 0 Å². The van der Waals surface area contributed by atoms with Gasteiger partial charge in [-0.25, -0.2) is 4.79 Å².